The molecule has 0 aliphatic rings. The molecule has 0 bridgehead atoms. The highest BCUT2D eigenvalue weighted by atomic mass is 28.4. The van der Waals surface area contributed by atoms with Crippen molar-refractivity contribution in [1.29, 1.82) is 0 Å². The SMILES string of the molecule is CCCCCCCCO[Si](CC)(CC)Oc1ccc(C)c(C)c1. The molecule has 132 valence electrons. The van der Waals surface area contributed by atoms with Crippen LogP contribution in [0.5, 0.6) is 5.75 Å². The predicted octanol–water partition coefficient (Wildman–Crippen LogP) is 6.54. The summed E-state index contributed by atoms with van der Waals surface area (Å²) in [5, 5.41) is 0. The lowest BCUT2D eigenvalue weighted by atomic mass is 10.1. The number of aryl methyl sites for hydroxylation is 2. The molecule has 0 aliphatic heterocycles. The fourth-order valence-electron chi connectivity index (χ4n) is 2.76. The summed E-state index contributed by atoms with van der Waals surface area (Å²) in [6.45, 7) is 11.8. The van der Waals surface area contributed by atoms with E-state index in [9.17, 15) is 0 Å². The number of benzene rings is 1. The van der Waals surface area contributed by atoms with E-state index in [-0.39, 0.29) is 0 Å². The molecule has 0 atom stereocenters. The maximum atomic E-state index is 6.40. The van der Waals surface area contributed by atoms with Gasteiger partial charge in [0.15, 0.2) is 0 Å². The van der Waals surface area contributed by atoms with E-state index in [0.717, 1.165) is 30.9 Å². The van der Waals surface area contributed by atoms with Gasteiger partial charge in [0.2, 0.25) is 0 Å². The van der Waals surface area contributed by atoms with Crippen LogP contribution in [-0.2, 0) is 4.43 Å². The molecule has 0 aromatic heterocycles. The Labute approximate surface area is 144 Å². The number of hydrogen-bond acceptors (Lipinski definition) is 2. The number of rotatable bonds is 12. The molecule has 0 saturated heterocycles. The zero-order valence-electron chi connectivity index (χ0n) is 15.9. The topological polar surface area (TPSA) is 18.5 Å². The monoisotopic (exact) mass is 336 g/mol. The standard InChI is InChI=1S/C20H36O2Si/c1-6-9-10-11-12-13-16-21-23(7-2,8-3)22-20-15-14-18(4)19(5)17-20/h14-15,17H,6-13,16H2,1-5H3. The van der Waals surface area contributed by atoms with Gasteiger partial charge in [-0.25, -0.2) is 0 Å². The van der Waals surface area contributed by atoms with Gasteiger partial charge in [-0.2, -0.15) is 0 Å². The second-order valence-corrected chi connectivity index (χ2v) is 10.3. The first-order valence-corrected chi connectivity index (χ1v) is 11.7. The van der Waals surface area contributed by atoms with Crippen LogP contribution in [0.15, 0.2) is 18.2 Å². The highest BCUT2D eigenvalue weighted by Crippen LogP contribution is 2.25. The Kier molecular flexibility index (Phi) is 9.57. The average molecular weight is 337 g/mol. The lowest BCUT2D eigenvalue weighted by Gasteiger charge is -2.29. The van der Waals surface area contributed by atoms with E-state index < -0.39 is 8.56 Å². The van der Waals surface area contributed by atoms with Gasteiger partial charge in [0.1, 0.15) is 5.75 Å². The van der Waals surface area contributed by atoms with Crippen LogP contribution in [-0.4, -0.2) is 15.2 Å². The molecule has 0 heterocycles. The highest BCUT2D eigenvalue weighted by Gasteiger charge is 2.35. The van der Waals surface area contributed by atoms with Crippen molar-refractivity contribution in [1.82, 2.24) is 0 Å². The molecule has 0 fully saturated rings. The Hall–Kier alpha value is -0.803. The van der Waals surface area contributed by atoms with Crippen LogP contribution in [0.2, 0.25) is 12.1 Å². The molecule has 0 N–H and O–H groups in total. The van der Waals surface area contributed by atoms with Gasteiger partial charge in [0, 0.05) is 6.61 Å². The van der Waals surface area contributed by atoms with E-state index in [2.05, 4.69) is 52.8 Å². The lowest BCUT2D eigenvalue weighted by molar-refractivity contribution is 0.230. The largest absolute Gasteiger partial charge is 0.520 e. The van der Waals surface area contributed by atoms with Gasteiger partial charge in [0.25, 0.3) is 0 Å². The van der Waals surface area contributed by atoms with Crippen molar-refractivity contribution in [3.8, 4) is 5.75 Å². The van der Waals surface area contributed by atoms with Crippen molar-refractivity contribution in [2.45, 2.75) is 85.2 Å². The van der Waals surface area contributed by atoms with Crippen LogP contribution >= 0.6 is 0 Å². The maximum absolute atomic E-state index is 6.40. The fourth-order valence-corrected chi connectivity index (χ4v) is 5.09. The van der Waals surface area contributed by atoms with Gasteiger partial charge in [-0.1, -0.05) is 58.9 Å². The van der Waals surface area contributed by atoms with Crippen molar-refractivity contribution >= 4 is 8.56 Å². The minimum Gasteiger partial charge on any atom is -0.520 e. The third-order valence-corrected chi connectivity index (χ3v) is 8.22. The van der Waals surface area contributed by atoms with E-state index in [1.165, 1.54) is 43.2 Å². The zero-order chi connectivity index (χ0) is 17.1. The molecule has 0 radical (unpaired) electrons. The van der Waals surface area contributed by atoms with Gasteiger partial charge >= 0.3 is 8.56 Å². The number of hydrogen-bond donors (Lipinski definition) is 0. The second kappa shape index (κ2) is 10.9. The van der Waals surface area contributed by atoms with Crippen molar-refractivity contribution in [2.75, 3.05) is 6.61 Å². The molecule has 2 nitrogen and oxygen atoms in total. The molecule has 0 saturated carbocycles. The predicted molar refractivity (Wildman–Crippen MR) is 103 cm³/mol. The molecule has 0 aliphatic carbocycles. The summed E-state index contributed by atoms with van der Waals surface area (Å²) < 4.78 is 12.7. The van der Waals surface area contributed by atoms with E-state index >= 15 is 0 Å². The summed E-state index contributed by atoms with van der Waals surface area (Å²) in [6.07, 6.45) is 7.80. The quantitative estimate of drug-likeness (QED) is 0.318. The lowest BCUT2D eigenvalue weighted by Crippen LogP contribution is -2.44. The first-order valence-electron chi connectivity index (χ1n) is 9.47. The molecular formula is C20H36O2Si. The normalized spacial score (nSPS) is 11.7. The van der Waals surface area contributed by atoms with Crippen molar-refractivity contribution < 1.29 is 8.85 Å². The third kappa shape index (κ3) is 7.09. The summed E-state index contributed by atoms with van der Waals surface area (Å²) in [7, 11) is -2.10. The molecular weight excluding hydrogens is 300 g/mol. The summed E-state index contributed by atoms with van der Waals surface area (Å²) in [6, 6.07) is 8.39. The molecule has 3 heteroatoms. The van der Waals surface area contributed by atoms with Gasteiger partial charge in [0.05, 0.1) is 0 Å². The van der Waals surface area contributed by atoms with E-state index in [0.29, 0.717) is 0 Å². The summed E-state index contributed by atoms with van der Waals surface area (Å²) in [4.78, 5) is 0. The van der Waals surface area contributed by atoms with Crippen LogP contribution in [0.3, 0.4) is 0 Å². The van der Waals surface area contributed by atoms with Gasteiger partial charge in [-0.3, -0.25) is 0 Å². The highest BCUT2D eigenvalue weighted by molar-refractivity contribution is 6.68. The smallest absolute Gasteiger partial charge is 0.398 e. The second-order valence-electron chi connectivity index (χ2n) is 6.58. The maximum Gasteiger partial charge on any atom is 0.398 e. The van der Waals surface area contributed by atoms with E-state index in [4.69, 9.17) is 8.85 Å². The minimum atomic E-state index is -2.10. The Morgan fingerprint density at radius 2 is 1.48 bits per heavy atom. The Morgan fingerprint density at radius 3 is 2.09 bits per heavy atom. The third-order valence-electron chi connectivity index (χ3n) is 4.72. The molecule has 23 heavy (non-hydrogen) atoms. The summed E-state index contributed by atoms with van der Waals surface area (Å²) in [5.41, 5.74) is 2.60. The molecule has 0 unspecified atom stereocenters. The van der Waals surface area contributed by atoms with Crippen LogP contribution in [0.4, 0.5) is 0 Å². The first-order chi connectivity index (χ1) is 11.1. The van der Waals surface area contributed by atoms with Crippen molar-refractivity contribution in [3.05, 3.63) is 29.3 Å². The van der Waals surface area contributed by atoms with Crippen LogP contribution in [0.25, 0.3) is 0 Å². The van der Waals surface area contributed by atoms with Crippen LogP contribution in [0, 0.1) is 13.8 Å². The van der Waals surface area contributed by atoms with Crippen LogP contribution < -0.4 is 4.43 Å². The van der Waals surface area contributed by atoms with Crippen molar-refractivity contribution in [2.24, 2.45) is 0 Å². The van der Waals surface area contributed by atoms with Crippen LogP contribution in [0.1, 0.15) is 70.4 Å². The fraction of sp³-hybridized carbons (Fsp3) is 0.700. The molecule has 1 aromatic rings. The van der Waals surface area contributed by atoms with E-state index in [1.54, 1.807) is 0 Å². The summed E-state index contributed by atoms with van der Waals surface area (Å²) in [5.74, 6) is 0.978. The Morgan fingerprint density at radius 1 is 0.826 bits per heavy atom. The Bertz CT molecular complexity index is 441. The van der Waals surface area contributed by atoms with Crippen molar-refractivity contribution in [3.63, 3.8) is 0 Å². The molecule has 1 aromatic carbocycles. The average Bonchev–Trinajstić information content (AvgIpc) is 2.56. The van der Waals surface area contributed by atoms with E-state index in [1.807, 2.05) is 0 Å². The Balaban J connectivity index is 2.49. The molecule has 0 amide bonds. The molecule has 0 spiro atoms. The molecule has 1 rings (SSSR count). The number of unbranched alkanes of at least 4 members (excludes halogenated alkanes) is 5. The zero-order valence-corrected chi connectivity index (χ0v) is 16.9. The first kappa shape index (κ1) is 20.2. The van der Waals surface area contributed by atoms with Gasteiger partial charge in [-0.15, -0.1) is 0 Å². The summed E-state index contributed by atoms with van der Waals surface area (Å²) >= 11 is 0. The van der Waals surface area contributed by atoms with Gasteiger partial charge < -0.3 is 8.85 Å². The minimum absolute atomic E-state index is 0.852. The van der Waals surface area contributed by atoms with Gasteiger partial charge in [-0.05, 0) is 55.6 Å².